The summed E-state index contributed by atoms with van der Waals surface area (Å²) in [7, 11) is 0. The summed E-state index contributed by atoms with van der Waals surface area (Å²) in [6, 6.07) is 17.0. The zero-order valence-electron chi connectivity index (χ0n) is 9.13. The van der Waals surface area contributed by atoms with Crippen LogP contribution in [0.1, 0.15) is 11.1 Å². The molecule has 0 radical (unpaired) electrons. The van der Waals surface area contributed by atoms with E-state index in [1.165, 1.54) is 22.3 Å². The van der Waals surface area contributed by atoms with Crippen LogP contribution in [0.4, 0.5) is 0 Å². The van der Waals surface area contributed by atoms with Crippen molar-refractivity contribution in [2.45, 2.75) is 4.87 Å². The SMILES string of the molecule is c1ccc2c(c1)-c1ccccc1C21N=NCS1. The molecule has 3 heteroatoms. The molecule has 0 N–H and O–H groups in total. The number of hydrogen-bond acceptors (Lipinski definition) is 3. The topological polar surface area (TPSA) is 24.7 Å². The Morgan fingerprint density at radius 1 is 0.882 bits per heavy atom. The van der Waals surface area contributed by atoms with Crippen molar-refractivity contribution in [3.8, 4) is 11.1 Å². The van der Waals surface area contributed by atoms with Gasteiger partial charge in [0.2, 0.25) is 0 Å². The van der Waals surface area contributed by atoms with Crippen LogP contribution in [0.15, 0.2) is 58.8 Å². The Hall–Kier alpha value is -1.61. The van der Waals surface area contributed by atoms with Gasteiger partial charge in [-0.2, -0.15) is 10.2 Å². The molecule has 4 rings (SSSR count). The molecule has 0 unspecified atom stereocenters. The molecule has 0 aromatic heterocycles. The van der Waals surface area contributed by atoms with E-state index in [0.29, 0.717) is 0 Å². The molecule has 2 nitrogen and oxygen atoms in total. The molecule has 1 spiro atoms. The number of benzene rings is 2. The van der Waals surface area contributed by atoms with Gasteiger partial charge in [0.15, 0.2) is 4.87 Å². The Kier molecular flexibility index (Phi) is 1.77. The number of rotatable bonds is 0. The molecule has 0 bridgehead atoms. The number of fused-ring (bicyclic) bond motifs is 5. The highest BCUT2D eigenvalue weighted by Crippen LogP contribution is 2.57. The minimum atomic E-state index is -0.271. The molecule has 2 aliphatic rings. The zero-order chi connectivity index (χ0) is 11.3. The lowest BCUT2D eigenvalue weighted by molar-refractivity contribution is 0.778. The molecule has 1 aliphatic heterocycles. The molecule has 2 aromatic carbocycles. The molecule has 0 fully saturated rings. The first-order valence-electron chi connectivity index (χ1n) is 5.64. The third-order valence-corrected chi connectivity index (χ3v) is 4.60. The molecule has 0 saturated heterocycles. The van der Waals surface area contributed by atoms with Crippen molar-refractivity contribution in [1.82, 2.24) is 0 Å². The normalized spacial score (nSPS) is 18.4. The van der Waals surface area contributed by atoms with Gasteiger partial charge in [0.05, 0.1) is 0 Å². The lowest BCUT2D eigenvalue weighted by Gasteiger charge is -2.19. The minimum Gasteiger partial charge on any atom is -0.181 e. The van der Waals surface area contributed by atoms with Crippen molar-refractivity contribution in [3.05, 3.63) is 59.7 Å². The second-order valence-corrected chi connectivity index (χ2v) is 5.39. The number of hydrogen-bond donors (Lipinski definition) is 0. The van der Waals surface area contributed by atoms with E-state index in [9.17, 15) is 0 Å². The van der Waals surface area contributed by atoms with Gasteiger partial charge in [-0.1, -0.05) is 60.3 Å². The molecule has 17 heavy (non-hydrogen) atoms. The molecule has 1 aliphatic carbocycles. The monoisotopic (exact) mass is 238 g/mol. The Morgan fingerprint density at radius 2 is 1.47 bits per heavy atom. The average Bonchev–Trinajstić information content (AvgIpc) is 2.98. The smallest absolute Gasteiger partial charge is 0.180 e. The largest absolute Gasteiger partial charge is 0.181 e. The van der Waals surface area contributed by atoms with E-state index in [1.807, 2.05) is 0 Å². The summed E-state index contributed by atoms with van der Waals surface area (Å²) in [4.78, 5) is -0.271. The second kappa shape index (κ2) is 3.20. The molecule has 1 heterocycles. The van der Waals surface area contributed by atoms with Crippen molar-refractivity contribution in [3.63, 3.8) is 0 Å². The maximum Gasteiger partial charge on any atom is 0.180 e. The van der Waals surface area contributed by atoms with Gasteiger partial charge in [0, 0.05) is 11.1 Å². The standard InChI is InChI=1S/C14H10N2S/c1-3-7-12-10(5-1)11-6-2-4-8-13(11)14(12)16-15-9-17-14/h1-8H,9H2. The van der Waals surface area contributed by atoms with E-state index in [4.69, 9.17) is 0 Å². The van der Waals surface area contributed by atoms with Gasteiger partial charge in [0.1, 0.15) is 5.88 Å². The van der Waals surface area contributed by atoms with Gasteiger partial charge >= 0.3 is 0 Å². The molecular weight excluding hydrogens is 228 g/mol. The predicted molar refractivity (Wildman–Crippen MR) is 70.0 cm³/mol. The van der Waals surface area contributed by atoms with E-state index in [0.717, 1.165) is 5.88 Å². The van der Waals surface area contributed by atoms with Crippen molar-refractivity contribution >= 4 is 11.8 Å². The average molecular weight is 238 g/mol. The molecular formula is C14H10N2S. The van der Waals surface area contributed by atoms with Gasteiger partial charge < -0.3 is 0 Å². The van der Waals surface area contributed by atoms with Crippen LogP contribution in [0.5, 0.6) is 0 Å². The third kappa shape index (κ3) is 1.07. The van der Waals surface area contributed by atoms with Crippen LogP contribution in [0, 0.1) is 0 Å². The molecule has 0 atom stereocenters. The summed E-state index contributed by atoms with van der Waals surface area (Å²) >= 11 is 1.80. The first kappa shape index (κ1) is 9.42. The van der Waals surface area contributed by atoms with Crippen LogP contribution in [-0.2, 0) is 4.87 Å². The Labute approximate surface area is 104 Å². The quantitative estimate of drug-likeness (QED) is 0.680. The fraction of sp³-hybridized carbons (Fsp3) is 0.143. The van der Waals surface area contributed by atoms with E-state index >= 15 is 0 Å². The van der Waals surface area contributed by atoms with E-state index in [2.05, 4.69) is 58.8 Å². The number of nitrogens with zero attached hydrogens (tertiary/aromatic N) is 2. The zero-order valence-corrected chi connectivity index (χ0v) is 9.95. The van der Waals surface area contributed by atoms with E-state index in [1.54, 1.807) is 11.8 Å². The molecule has 0 amide bonds. The highest BCUT2D eigenvalue weighted by molar-refractivity contribution is 8.00. The van der Waals surface area contributed by atoms with E-state index in [-0.39, 0.29) is 4.87 Å². The Morgan fingerprint density at radius 3 is 2.00 bits per heavy atom. The maximum absolute atomic E-state index is 4.54. The van der Waals surface area contributed by atoms with Gasteiger partial charge in [-0.15, -0.1) is 0 Å². The highest BCUT2D eigenvalue weighted by Gasteiger charge is 2.46. The highest BCUT2D eigenvalue weighted by atomic mass is 32.2. The van der Waals surface area contributed by atoms with Crippen molar-refractivity contribution in [2.75, 3.05) is 5.88 Å². The first-order valence-corrected chi connectivity index (χ1v) is 6.62. The molecule has 2 aromatic rings. The Balaban J connectivity index is 2.13. The van der Waals surface area contributed by atoms with Crippen LogP contribution in [0.2, 0.25) is 0 Å². The summed E-state index contributed by atoms with van der Waals surface area (Å²) in [6.45, 7) is 0. The summed E-state index contributed by atoms with van der Waals surface area (Å²) in [5, 5.41) is 8.74. The number of thioether (sulfide) groups is 1. The van der Waals surface area contributed by atoms with Crippen LogP contribution in [0.3, 0.4) is 0 Å². The summed E-state index contributed by atoms with van der Waals surface area (Å²) in [5.41, 5.74) is 5.17. The summed E-state index contributed by atoms with van der Waals surface area (Å²) in [5.74, 6) is 0.753. The number of azo groups is 1. The van der Waals surface area contributed by atoms with Gasteiger partial charge in [-0.05, 0) is 11.1 Å². The predicted octanol–water partition coefficient (Wildman–Crippen LogP) is 4.02. The summed E-state index contributed by atoms with van der Waals surface area (Å²) < 4.78 is 0. The van der Waals surface area contributed by atoms with E-state index < -0.39 is 0 Å². The van der Waals surface area contributed by atoms with Crippen molar-refractivity contribution in [2.24, 2.45) is 10.2 Å². The Bertz CT molecular complexity index is 588. The van der Waals surface area contributed by atoms with Crippen LogP contribution >= 0.6 is 11.8 Å². The maximum atomic E-state index is 4.54. The van der Waals surface area contributed by atoms with Crippen LogP contribution in [0.25, 0.3) is 11.1 Å². The first-order chi connectivity index (χ1) is 8.42. The lowest BCUT2D eigenvalue weighted by Crippen LogP contribution is -2.14. The van der Waals surface area contributed by atoms with Crippen molar-refractivity contribution < 1.29 is 0 Å². The third-order valence-electron chi connectivity index (χ3n) is 3.42. The van der Waals surface area contributed by atoms with Crippen LogP contribution in [-0.4, -0.2) is 5.88 Å². The molecule has 82 valence electrons. The lowest BCUT2D eigenvalue weighted by atomic mass is 10.1. The van der Waals surface area contributed by atoms with Gasteiger partial charge in [-0.25, -0.2) is 0 Å². The molecule has 0 saturated carbocycles. The van der Waals surface area contributed by atoms with Crippen molar-refractivity contribution in [1.29, 1.82) is 0 Å². The second-order valence-electron chi connectivity index (χ2n) is 4.25. The summed E-state index contributed by atoms with van der Waals surface area (Å²) in [6.07, 6.45) is 0. The van der Waals surface area contributed by atoms with Gasteiger partial charge in [0.25, 0.3) is 0 Å². The van der Waals surface area contributed by atoms with Crippen LogP contribution < -0.4 is 0 Å². The van der Waals surface area contributed by atoms with Gasteiger partial charge in [-0.3, -0.25) is 0 Å². The fourth-order valence-electron chi connectivity index (χ4n) is 2.71. The minimum absolute atomic E-state index is 0.271. The fourth-order valence-corrected chi connectivity index (χ4v) is 3.80.